The maximum Gasteiger partial charge on any atom is 0.0850 e. The molecule has 0 radical (unpaired) electrons. The smallest absolute Gasteiger partial charge is 0.0850 e. The summed E-state index contributed by atoms with van der Waals surface area (Å²) in [6.07, 6.45) is 1.79. The maximum absolute atomic E-state index is 6.52. The van der Waals surface area contributed by atoms with Crippen molar-refractivity contribution >= 4 is 27.5 Å². The van der Waals surface area contributed by atoms with E-state index in [1.54, 1.807) is 0 Å². The molecule has 0 aliphatic rings. The second-order valence-electron chi connectivity index (χ2n) is 5.34. The van der Waals surface area contributed by atoms with Gasteiger partial charge in [0.25, 0.3) is 0 Å². The second-order valence-corrected chi connectivity index (χ2v) is 6.37. The van der Waals surface area contributed by atoms with E-state index in [0.29, 0.717) is 5.92 Å². The Hall–Kier alpha value is -0.800. The third-order valence-electron chi connectivity index (χ3n) is 3.87. The Labute approximate surface area is 140 Å². The monoisotopic (exact) mass is 368 g/mol. The van der Waals surface area contributed by atoms with E-state index >= 15 is 0 Å². The van der Waals surface area contributed by atoms with E-state index in [1.165, 1.54) is 11.1 Å². The molecule has 0 aliphatic carbocycles. The Balaban J connectivity index is 2.30. The molecule has 4 heteroatoms. The number of alkyl halides is 1. The predicted octanol–water partition coefficient (Wildman–Crippen LogP) is 5.15. The van der Waals surface area contributed by atoms with Crippen LogP contribution in [0, 0.1) is 6.92 Å². The molecule has 0 saturated heterocycles. The highest BCUT2D eigenvalue weighted by atomic mass is 79.9. The molecule has 1 aromatic heterocycles. The number of aromatic nitrogens is 2. The van der Waals surface area contributed by atoms with Crippen LogP contribution in [0.5, 0.6) is 0 Å². The highest BCUT2D eigenvalue weighted by Gasteiger charge is 2.19. The fraction of sp³-hybridized carbons (Fsp3) is 0.471. The molecule has 21 heavy (non-hydrogen) atoms. The van der Waals surface area contributed by atoms with Crippen molar-refractivity contribution in [3.05, 3.63) is 51.8 Å². The molecule has 0 N–H and O–H groups in total. The molecule has 2 aromatic rings. The predicted molar refractivity (Wildman–Crippen MR) is 93.7 cm³/mol. The summed E-state index contributed by atoms with van der Waals surface area (Å²) in [4.78, 5) is 0. The van der Waals surface area contributed by atoms with Gasteiger partial charge in [-0.3, -0.25) is 4.68 Å². The van der Waals surface area contributed by atoms with E-state index in [0.717, 1.165) is 41.1 Å². The van der Waals surface area contributed by atoms with Crippen molar-refractivity contribution in [2.75, 3.05) is 5.33 Å². The highest BCUT2D eigenvalue weighted by molar-refractivity contribution is 9.09. The van der Waals surface area contributed by atoms with Gasteiger partial charge >= 0.3 is 0 Å². The van der Waals surface area contributed by atoms with Crippen LogP contribution in [0.25, 0.3) is 0 Å². The molecule has 2 rings (SSSR count). The molecule has 2 nitrogen and oxygen atoms in total. The van der Waals surface area contributed by atoms with E-state index in [2.05, 4.69) is 66.1 Å². The fourth-order valence-corrected chi connectivity index (χ4v) is 3.49. The molecule has 0 amide bonds. The first-order chi connectivity index (χ1) is 10.1. The van der Waals surface area contributed by atoms with Gasteiger partial charge in [0.15, 0.2) is 0 Å². The molecule has 0 aliphatic heterocycles. The molecule has 0 bridgehead atoms. The van der Waals surface area contributed by atoms with Gasteiger partial charge in [-0.05, 0) is 38.2 Å². The third kappa shape index (κ3) is 3.70. The minimum absolute atomic E-state index is 0.412. The van der Waals surface area contributed by atoms with E-state index in [9.17, 15) is 0 Å². The van der Waals surface area contributed by atoms with Crippen LogP contribution >= 0.6 is 27.5 Å². The lowest BCUT2D eigenvalue weighted by Crippen LogP contribution is -2.10. The summed E-state index contributed by atoms with van der Waals surface area (Å²) in [7, 11) is 0. The lowest BCUT2D eigenvalue weighted by Gasteiger charge is -2.16. The summed E-state index contributed by atoms with van der Waals surface area (Å²) in [5.41, 5.74) is 4.79. The summed E-state index contributed by atoms with van der Waals surface area (Å²) in [6.45, 7) is 7.18. The van der Waals surface area contributed by atoms with Gasteiger partial charge in [0.1, 0.15) is 0 Å². The Morgan fingerprint density at radius 3 is 2.43 bits per heavy atom. The Bertz CT molecular complexity index is 590. The topological polar surface area (TPSA) is 17.8 Å². The third-order valence-corrected chi connectivity index (χ3v) is 5.09. The molecule has 1 atom stereocenters. The number of aryl methyl sites for hydroxylation is 3. The first kappa shape index (κ1) is 16.6. The van der Waals surface area contributed by atoms with Crippen molar-refractivity contribution in [2.45, 2.75) is 46.1 Å². The number of hydrogen-bond donors (Lipinski definition) is 0. The van der Waals surface area contributed by atoms with Crippen molar-refractivity contribution in [2.24, 2.45) is 0 Å². The van der Waals surface area contributed by atoms with Crippen molar-refractivity contribution in [3.63, 3.8) is 0 Å². The zero-order chi connectivity index (χ0) is 15.4. The molecule has 1 unspecified atom stereocenters. The van der Waals surface area contributed by atoms with Crippen LogP contribution in [0.4, 0.5) is 0 Å². The molecule has 0 spiro atoms. The zero-order valence-electron chi connectivity index (χ0n) is 12.9. The normalized spacial score (nSPS) is 12.6. The summed E-state index contributed by atoms with van der Waals surface area (Å²) in [6, 6.07) is 8.76. The number of rotatable bonds is 6. The number of benzene rings is 1. The Morgan fingerprint density at radius 2 is 1.90 bits per heavy atom. The van der Waals surface area contributed by atoms with E-state index in [-0.39, 0.29) is 0 Å². The van der Waals surface area contributed by atoms with Gasteiger partial charge < -0.3 is 0 Å². The second kappa shape index (κ2) is 7.46. The summed E-state index contributed by atoms with van der Waals surface area (Å²) in [5, 5.41) is 6.38. The summed E-state index contributed by atoms with van der Waals surface area (Å²) >= 11 is 10.2. The zero-order valence-corrected chi connectivity index (χ0v) is 15.2. The Morgan fingerprint density at radius 1 is 1.24 bits per heavy atom. The van der Waals surface area contributed by atoms with Gasteiger partial charge in [-0.15, -0.1) is 0 Å². The molecular weight excluding hydrogens is 348 g/mol. The first-order valence-electron chi connectivity index (χ1n) is 7.47. The Kier molecular flexibility index (Phi) is 5.88. The van der Waals surface area contributed by atoms with Crippen LogP contribution in [0.15, 0.2) is 24.3 Å². The van der Waals surface area contributed by atoms with Gasteiger partial charge in [0, 0.05) is 11.9 Å². The number of nitrogens with zero attached hydrogens (tertiary/aromatic N) is 2. The van der Waals surface area contributed by atoms with Crippen molar-refractivity contribution in [3.8, 4) is 0 Å². The van der Waals surface area contributed by atoms with Gasteiger partial charge in [0.05, 0.1) is 16.4 Å². The van der Waals surface area contributed by atoms with E-state index < -0.39 is 0 Å². The molecule has 1 aromatic carbocycles. The average Bonchev–Trinajstić information content (AvgIpc) is 2.81. The van der Waals surface area contributed by atoms with E-state index in [1.807, 2.05) is 4.68 Å². The maximum atomic E-state index is 6.52. The van der Waals surface area contributed by atoms with Crippen LogP contribution in [-0.2, 0) is 19.4 Å². The van der Waals surface area contributed by atoms with E-state index in [4.69, 9.17) is 11.6 Å². The van der Waals surface area contributed by atoms with Crippen molar-refractivity contribution in [1.82, 2.24) is 9.78 Å². The molecule has 114 valence electrons. The molecule has 0 saturated carbocycles. The summed E-state index contributed by atoms with van der Waals surface area (Å²) in [5.74, 6) is 0.412. The quantitative estimate of drug-likeness (QED) is 0.644. The fourth-order valence-electron chi connectivity index (χ4n) is 2.55. The number of halogens is 2. The summed E-state index contributed by atoms with van der Waals surface area (Å²) < 4.78 is 2.05. The van der Waals surface area contributed by atoms with Crippen LogP contribution in [0.1, 0.15) is 42.3 Å². The molecular formula is C17H22BrClN2. The van der Waals surface area contributed by atoms with Crippen LogP contribution < -0.4 is 0 Å². The van der Waals surface area contributed by atoms with Crippen molar-refractivity contribution in [1.29, 1.82) is 0 Å². The number of hydrogen-bond acceptors (Lipinski definition) is 1. The molecule has 1 heterocycles. The molecule has 0 fully saturated rings. The van der Waals surface area contributed by atoms with Crippen LogP contribution in [0.3, 0.4) is 0 Å². The van der Waals surface area contributed by atoms with Gasteiger partial charge in [-0.1, -0.05) is 64.3 Å². The SMILES string of the molecule is CCc1nn(CC)c(CC(CBr)c2ccc(C)cc2)c1Cl. The van der Waals surface area contributed by atoms with Crippen LogP contribution in [0.2, 0.25) is 5.02 Å². The van der Waals surface area contributed by atoms with Gasteiger partial charge in [-0.25, -0.2) is 0 Å². The highest BCUT2D eigenvalue weighted by Crippen LogP contribution is 2.29. The van der Waals surface area contributed by atoms with Gasteiger partial charge in [0.2, 0.25) is 0 Å². The first-order valence-corrected chi connectivity index (χ1v) is 8.97. The standard InChI is InChI=1S/C17H22BrClN2/c1-4-15-17(19)16(21(5-2)20-15)10-14(11-18)13-8-6-12(3)7-9-13/h6-9,14H,4-5,10-11H2,1-3H3. The minimum atomic E-state index is 0.412. The lowest BCUT2D eigenvalue weighted by atomic mass is 9.95. The van der Waals surface area contributed by atoms with Crippen LogP contribution in [-0.4, -0.2) is 15.1 Å². The van der Waals surface area contributed by atoms with Gasteiger partial charge in [-0.2, -0.15) is 5.10 Å². The minimum Gasteiger partial charge on any atom is -0.268 e. The van der Waals surface area contributed by atoms with Crippen molar-refractivity contribution < 1.29 is 0 Å². The average molecular weight is 370 g/mol. The lowest BCUT2D eigenvalue weighted by molar-refractivity contribution is 0.595. The largest absolute Gasteiger partial charge is 0.268 e.